The third-order valence-corrected chi connectivity index (χ3v) is 6.16. The first-order valence-electron chi connectivity index (χ1n) is 8.26. The summed E-state index contributed by atoms with van der Waals surface area (Å²) in [5, 5.41) is 0.509. The number of fused-ring (bicyclic) bond motifs is 1. The van der Waals surface area contributed by atoms with Gasteiger partial charge in [-0.15, -0.1) is 0 Å². The number of amides is 1. The second kappa shape index (κ2) is 7.89. The van der Waals surface area contributed by atoms with Crippen LogP contribution in [0.1, 0.15) is 22.0 Å². The van der Waals surface area contributed by atoms with Gasteiger partial charge in [0.25, 0.3) is 5.91 Å². The van der Waals surface area contributed by atoms with Crippen LogP contribution in [0, 0.1) is 0 Å². The Kier molecular flexibility index (Phi) is 5.35. The minimum Gasteiger partial charge on any atom is -0.494 e. The maximum Gasteiger partial charge on any atom is 0.270 e. The second-order valence-electron chi connectivity index (χ2n) is 5.79. The minimum absolute atomic E-state index is 0.167. The predicted octanol–water partition coefficient (Wildman–Crippen LogP) is 3.74. The van der Waals surface area contributed by atoms with E-state index >= 15 is 0 Å². The normalized spacial score (nSPS) is 17.0. The largest absolute Gasteiger partial charge is 0.494 e. The van der Waals surface area contributed by atoms with E-state index in [1.807, 2.05) is 12.1 Å². The SMILES string of the molecule is COc1ccc(C2COCCO2)c2sc(N(Br)C(=O)c3ccncc3)nc12. The van der Waals surface area contributed by atoms with Crippen molar-refractivity contribution in [2.75, 3.05) is 30.9 Å². The third kappa shape index (κ3) is 3.55. The van der Waals surface area contributed by atoms with E-state index in [1.165, 1.54) is 15.3 Å². The van der Waals surface area contributed by atoms with Gasteiger partial charge in [-0.05, 0) is 18.2 Å². The van der Waals surface area contributed by atoms with Gasteiger partial charge in [-0.1, -0.05) is 17.4 Å². The van der Waals surface area contributed by atoms with Crippen molar-refractivity contribution in [1.29, 1.82) is 0 Å². The molecule has 0 bridgehead atoms. The van der Waals surface area contributed by atoms with Crippen LogP contribution >= 0.6 is 27.5 Å². The van der Waals surface area contributed by atoms with Gasteiger partial charge in [0.1, 0.15) is 17.4 Å². The van der Waals surface area contributed by atoms with E-state index < -0.39 is 0 Å². The summed E-state index contributed by atoms with van der Waals surface area (Å²) in [5.41, 5.74) is 2.18. The first-order valence-corrected chi connectivity index (χ1v) is 9.78. The number of halogens is 1. The highest BCUT2D eigenvalue weighted by Gasteiger charge is 2.25. The van der Waals surface area contributed by atoms with Gasteiger partial charge in [0, 0.05) is 23.5 Å². The lowest BCUT2D eigenvalue weighted by molar-refractivity contribution is -0.0895. The Morgan fingerprint density at radius 3 is 2.81 bits per heavy atom. The van der Waals surface area contributed by atoms with Gasteiger partial charge in [0.05, 0.1) is 47.8 Å². The zero-order valence-corrected chi connectivity index (χ0v) is 16.8. The maximum absolute atomic E-state index is 12.7. The van der Waals surface area contributed by atoms with Crippen LogP contribution in [-0.2, 0) is 9.47 Å². The lowest BCUT2D eigenvalue weighted by Gasteiger charge is -2.23. The van der Waals surface area contributed by atoms with Crippen molar-refractivity contribution in [3.05, 3.63) is 47.8 Å². The zero-order valence-electron chi connectivity index (χ0n) is 14.4. The zero-order chi connectivity index (χ0) is 18.8. The van der Waals surface area contributed by atoms with E-state index in [2.05, 4.69) is 26.1 Å². The molecule has 1 aliphatic rings. The maximum atomic E-state index is 12.7. The molecule has 27 heavy (non-hydrogen) atoms. The number of nitrogens with zero attached hydrogens (tertiary/aromatic N) is 3. The number of aromatic nitrogens is 2. The smallest absolute Gasteiger partial charge is 0.270 e. The summed E-state index contributed by atoms with van der Waals surface area (Å²) in [4.78, 5) is 21.3. The van der Waals surface area contributed by atoms with Crippen LogP contribution in [0.25, 0.3) is 10.2 Å². The van der Waals surface area contributed by atoms with Gasteiger partial charge in [0.15, 0.2) is 0 Å². The molecule has 2 aromatic heterocycles. The third-order valence-electron chi connectivity index (χ3n) is 4.18. The molecule has 3 heterocycles. The Bertz CT molecular complexity index is 960. The highest BCUT2D eigenvalue weighted by molar-refractivity contribution is 9.10. The number of hydrogen-bond donors (Lipinski definition) is 0. The summed E-state index contributed by atoms with van der Waals surface area (Å²) in [6.45, 7) is 1.64. The van der Waals surface area contributed by atoms with Gasteiger partial charge in [-0.2, -0.15) is 0 Å². The van der Waals surface area contributed by atoms with E-state index in [9.17, 15) is 4.79 Å². The molecular weight excluding hydrogens is 434 g/mol. The molecule has 0 saturated carbocycles. The molecule has 4 rings (SSSR count). The quantitative estimate of drug-likeness (QED) is 0.564. The standard InChI is InChI=1S/C18H16BrN3O4S/c1-24-13-3-2-12(14-10-25-8-9-26-14)16-15(13)21-18(27-16)22(19)17(23)11-4-6-20-7-5-11/h2-7,14H,8-10H2,1H3. The molecule has 1 saturated heterocycles. The Morgan fingerprint density at radius 1 is 1.30 bits per heavy atom. The van der Waals surface area contributed by atoms with Crippen molar-refractivity contribution in [1.82, 2.24) is 9.97 Å². The topological polar surface area (TPSA) is 73.8 Å². The van der Waals surface area contributed by atoms with Crippen LogP contribution in [0.2, 0.25) is 0 Å². The van der Waals surface area contributed by atoms with E-state index in [0.29, 0.717) is 41.8 Å². The lowest BCUT2D eigenvalue weighted by atomic mass is 10.1. The number of carbonyl (C=O) groups is 1. The van der Waals surface area contributed by atoms with Crippen LogP contribution in [0.3, 0.4) is 0 Å². The molecular formula is C18H16BrN3O4S. The molecule has 0 N–H and O–H groups in total. The highest BCUT2D eigenvalue weighted by atomic mass is 79.9. The highest BCUT2D eigenvalue weighted by Crippen LogP contribution is 2.41. The lowest BCUT2D eigenvalue weighted by Crippen LogP contribution is -2.21. The number of anilines is 1. The van der Waals surface area contributed by atoms with Crippen molar-refractivity contribution in [2.24, 2.45) is 0 Å². The number of ether oxygens (including phenoxy) is 3. The van der Waals surface area contributed by atoms with Crippen molar-refractivity contribution in [3.8, 4) is 5.75 Å². The average Bonchev–Trinajstić information content (AvgIpc) is 3.18. The Labute approximate surface area is 168 Å². The first kappa shape index (κ1) is 18.3. The van der Waals surface area contributed by atoms with Gasteiger partial charge in [0.2, 0.25) is 5.13 Å². The number of benzene rings is 1. The number of rotatable bonds is 4. The Morgan fingerprint density at radius 2 is 2.11 bits per heavy atom. The number of thiazole rings is 1. The molecule has 0 aliphatic carbocycles. The van der Waals surface area contributed by atoms with Gasteiger partial charge >= 0.3 is 0 Å². The summed E-state index contributed by atoms with van der Waals surface area (Å²) in [7, 11) is 1.60. The summed E-state index contributed by atoms with van der Waals surface area (Å²) in [6, 6.07) is 7.14. The molecule has 1 amide bonds. The molecule has 3 aromatic rings. The number of methoxy groups -OCH3 is 1. The molecule has 0 radical (unpaired) electrons. The van der Waals surface area contributed by atoms with Gasteiger partial charge < -0.3 is 14.2 Å². The summed E-state index contributed by atoms with van der Waals surface area (Å²) in [5.74, 6) is 0.416. The first-order chi connectivity index (χ1) is 13.2. The van der Waals surface area contributed by atoms with Crippen molar-refractivity contribution >= 4 is 48.7 Å². The molecule has 7 nitrogen and oxygen atoms in total. The van der Waals surface area contributed by atoms with Crippen LogP contribution in [0.5, 0.6) is 5.75 Å². The molecule has 1 aliphatic heterocycles. The fourth-order valence-corrected chi connectivity index (χ4v) is 4.40. The fourth-order valence-electron chi connectivity index (χ4n) is 2.86. The predicted molar refractivity (Wildman–Crippen MR) is 106 cm³/mol. The second-order valence-corrected chi connectivity index (χ2v) is 7.47. The fraction of sp³-hybridized carbons (Fsp3) is 0.278. The number of carbonyl (C=O) groups excluding carboxylic acids is 1. The number of hydrogen-bond acceptors (Lipinski definition) is 7. The monoisotopic (exact) mass is 449 g/mol. The molecule has 1 atom stereocenters. The van der Waals surface area contributed by atoms with Crippen LogP contribution in [0.15, 0.2) is 36.7 Å². The van der Waals surface area contributed by atoms with Crippen LogP contribution in [-0.4, -0.2) is 42.8 Å². The molecule has 1 fully saturated rings. The van der Waals surface area contributed by atoms with Crippen molar-refractivity contribution in [3.63, 3.8) is 0 Å². The molecule has 1 unspecified atom stereocenters. The average molecular weight is 450 g/mol. The molecule has 0 spiro atoms. The molecule has 1 aromatic carbocycles. The summed E-state index contributed by atoms with van der Waals surface area (Å²) >= 11 is 4.74. The Balaban J connectivity index is 1.75. The molecule has 9 heteroatoms. The molecule has 140 valence electrons. The summed E-state index contributed by atoms with van der Waals surface area (Å²) < 4.78 is 19.1. The minimum atomic E-state index is -0.228. The summed E-state index contributed by atoms with van der Waals surface area (Å²) in [6.07, 6.45) is 2.99. The van der Waals surface area contributed by atoms with Crippen LogP contribution < -0.4 is 8.66 Å². The van der Waals surface area contributed by atoms with Gasteiger partial charge in [-0.3, -0.25) is 9.78 Å². The van der Waals surface area contributed by atoms with Crippen LogP contribution in [0.4, 0.5) is 5.13 Å². The number of pyridine rings is 1. The van der Waals surface area contributed by atoms with E-state index in [-0.39, 0.29) is 12.0 Å². The van der Waals surface area contributed by atoms with Crippen molar-refractivity contribution in [2.45, 2.75) is 6.10 Å². The van der Waals surface area contributed by atoms with E-state index in [4.69, 9.17) is 14.2 Å². The Hall–Kier alpha value is -2.07. The van der Waals surface area contributed by atoms with E-state index in [0.717, 1.165) is 10.3 Å². The van der Waals surface area contributed by atoms with E-state index in [1.54, 1.807) is 31.6 Å². The van der Waals surface area contributed by atoms with Crippen molar-refractivity contribution < 1.29 is 19.0 Å². The van der Waals surface area contributed by atoms with Gasteiger partial charge in [-0.25, -0.2) is 8.91 Å².